The smallest absolute Gasteiger partial charge is 0.169 e. The maximum Gasteiger partial charge on any atom is 0.169 e. The van der Waals surface area contributed by atoms with E-state index in [-0.39, 0.29) is 5.78 Å². The van der Waals surface area contributed by atoms with Crippen molar-refractivity contribution in [2.24, 2.45) is 0 Å². The van der Waals surface area contributed by atoms with E-state index in [0.717, 1.165) is 30.4 Å². The van der Waals surface area contributed by atoms with Crippen LogP contribution in [0, 0.1) is 6.92 Å². The first-order chi connectivity index (χ1) is 7.99. The summed E-state index contributed by atoms with van der Waals surface area (Å²) in [5.74, 6) is 0.0931. The number of hydrogen-bond donors (Lipinski definition) is 0. The first-order valence-electron chi connectivity index (χ1n) is 5.06. The number of hydrogen-bond acceptors (Lipinski definition) is 2. The van der Waals surface area contributed by atoms with Gasteiger partial charge in [-0.2, -0.15) is 0 Å². The van der Waals surface area contributed by atoms with E-state index in [1.54, 1.807) is 6.92 Å². The third-order valence-electron chi connectivity index (χ3n) is 2.47. The molecular formula is C13H10BrClOS. The summed E-state index contributed by atoms with van der Waals surface area (Å²) in [4.78, 5) is 13.1. The van der Waals surface area contributed by atoms with E-state index in [1.807, 2.05) is 31.2 Å². The van der Waals surface area contributed by atoms with Crippen molar-refractivity contribution < 1.29 is 4.79 Å². The van der Waals surface area contributed by atoms with Crippen molar-refractivity contribution in [1.82, 2.24) is 0 Å². The molecule has 1 aromatic carbocycles. The molecule has 0 bridgehead atoms. The van der Waals surface area contributed by atoms with Gasteiger partial charge in [0.05, 0.1) is 4.88 Å². The molecule has 0 fully saturated rings. The SMILES string of the molecule is CC(=O)c1ccc(-c2cc(Cl)c(C)cc2Br)s1. The summed E-state index contributed by atoms with van der Waals surface area (Å²) < 4.78 is 0.997. The molecule has 0 spiro atoms. The third-order valence-corrected chi connectivity index (χ3v) is 4.75. The van der Waals surface area contributed by atoms with Gasteiger partial charge < -0.3 is 0 Å². The fourth-order valence-electron chi connectivity index (χ4n) is 1.51. The van der Waals surface area contributed by atoms with Crippen molar-refractivity contribution in [3.05, 3.63) is 44.2 Å². The van der Waals surface area contributed by atoms with Crippen LogP contribution < -0.4 is 0 Å². The number of Topliss-reactive ketones (excluding diaryl/α,β-unsaturated/α-hetero) is 1. The standard InChI is InChI=1S/C13H10BrClOS/c1-7-5-10(14)9(6-11(7)15)13-4-3-12(17-13)8(2)16/h3-6H,1-2H3. The van der Waals surface area contributed by atoms with Crippen LogP contribution in [0.3, 0.4) is 0 Å². The van der Waals surface area contributed by atoms with Crippen LogP contribution in [0.5, 0.6) is 0 Å². The lowest BCUT2D eigenvalue weighted by molar-refractivity contribution is 0.102. The van der Waals surface area contributed by atoms with E-state index in [2.05, 4.69) is 15.9 Å². The van der Waals surface area contributed by atoms with Crippen LogP contribution in [0.15, 0.2) is 28.7 Å². The van der Waals surface area contributed by atoms with Crippen molar-refractivity contribution in [3.63, 3.8) is 0 Å². The molecule has 0 atom stereocenters. The van der Waals surface area contributed by atoms with Gasteiger partial charge in [-0.15, -0.1) is 11.3 Å². The normalized spacial score (nSPS) is 10.6. The molecule has 1 nitrogen and oxygen atoms in total. The number of aryl methyl sites for hydroxylation is 1. The lowest BCUT2D eigenvalue weighted by Crippen LogP contribution is -1.83. The van der Waals surface area contributed by atoms with Crippen LogP contribution in [-0.4, -0.2) is 5.78 Å². The van der Waals surface area contributed by atoms with Crippen LogP contribution in [-0.2, 0) is 0 Å². The van der Waals surface area contributed by atoms with Gasteiger partial charge in [0.1, 0.15) is 0 Å². The van der Waals surface area contributed by atoms with E-state index in [1.165, 1.54) is 11.3 Å². The van der Waals surface area contributed by atoms with Crippen molar-refractivity contribution in [1.29, 1.82) is 0 Å². The molecule has 2 aromatic rings. The van der Waals surface area contributed by atoms with Gasteiger partial charge in [0.2, 0.25) is 0 Å². The van der Waals surface area contributed by atoms with Crippen LogP contribution >= 0.6 is 38.9 Å². The van der Waals surface area contributed by atoms with E-state index in [4.69, 9.17) is 11.6 Å². The molecule has 88 valence electrons. The Labute approximate surface area is 118 Å². The zero-order chi connectivity index (χ0) is 12.6. The minimum atomic E-state index is 0.0931. The van der Waals surface area contributed by atoms with Crippen molar-refractivity contribution >= 4 is 44.7 Å². The maximum atomic E-state index is 11.3. The highest BCUT2D eigenvalue weighted by Gasteiger charge is 2.10. The Bertz CT molecular complexity index is 589. The van der Waals surface area contributed by atoms with Gasteiger partial charge in [0.15, 0.2) is 5.78 Å². The average Bonchev–Trinajstić information content (AvgIpc) is 2.72. The van der Waals surface area contributed by atoms with Crippen LogP contribution in [0.4, 0.5) is 0 Å². The highest BCUT2D eigenvalue weighted by atomic mass is 79.9. The van der Waals surface area contributed by atoms with Crippen LogP contribution in [0.1, 0.15) is 22.2 Å². The van der Waals surface area contributed by atoms with E-state index >= 15 is 0 Å². The summed E-state index contributed by atoms with van der Waals surface area (Å²) in [5.41, 5.74) is 2.06. The summed E-state index contributed by atoms with van der Waals surface area (Å²) in [5, 5.41) is 0.737. The highest BCUT2D eigenvalue weighted by Crippen LogP contribution is 2.36. The highest BCUT2D eigenvalue weighted by molar-refractivity contribution is 9.10. The number of carbonyl (C=O) groups is 1. The molecule has 0 aliphatic carbocycles. The van der Waals surface area contributed by atoms with E-state index < -0.39 is 0 Å². The molecule has 1 heterocycles. The first-order valence-corrected chi connectivity index (χ1v) is 7.04. The molecule has 1 aromatic heterocycles. The number of carbonyl (C=O) groups excluding carboxylic acids is 1. The van der Waals surface area contributed by atoms with Crippen molar-refractivity contribution in [2.45, 2.75) is 13.8 Å². The van der Waals surface area contributed by atoms with Gasteiger partial charge in [-0.25, -0.2) is 0 Å². The number of rotatable bonds is 2. The fourth-order valence-corrected chi connectivity index (χ4v) is 3.40. The molecular weight excluding hydrogens is 320 g/mol. The molecule has 0 aliphatic heterocycles. The minimum Gasteiger partial charge on any atom is -0.294 e. The zero-order valence-electron chi connectivity index (χ0n) is 9.38. The Kier molecular flexibility index (Phi) is 3.71. The lowest BCUT2D eigenvalue weighted by atomic mass is 10.1. The van der Waals surface area contributed by atoms with Gasteiger partial charge in [0.25, 0.3) is 0 Å². The lowest BCUT2D eigenvalue weighted by Gasteiger charge is -2.05. The second-order valence-corrected chi connectivity index (χ2v) is 6.15. The number of ketones is 1. The predicted molar refractivity (Wildman–Crippen MR) is 77.2 cm³/mol. The van der Waals surface area contributed by atoms with Gasteiger partial charge >= 0.3 is 0 Å². The minimum absolute atomic E-state index is 0.0931. The summed E-state index contributed by atoms with van der Waals surface area (Å²) in [6.45, 7) is 3.54. The Morgan fingerprint density at radius 2 is 2.06 bits per heavy atom. The molecule has 2 rings (SSSR count). The Hall–Kier alpha value is -0.640. The molecule has 0 unspecified atom stereocenters. The van der Waals surface area contributed by atoms with Gasteiger partial charge in [-0.05, 0) is 43.7 Å². The summed E-state index contributed by atoms with van der Waals surface area (Å²) in [6.07, 6.45) is 0. The maximum absolute atomic E-state index is 11.3. The largest absolute Gasteiger partial charge is 0.294 e. The average molecular weight is 330 g/mol. The van der Waals surface area contributed by atoms with Crippen molar-refractivity contribution in [2.75, 3.05) is 0 Å². The van der Waals surface area contributed by atoms with Gasteiger partial charge in [-0.1, -0.05) is 27.5 Å². The molecule has 0 radical (unpaired) electrons. The Morgan fingerprint density at radius 3 is 2.65 bits per heavy atom. The molecule has 0 saturated heterocycles. The Balaban J connectivity index is 2.52. The first kappa shape index (κ1) is 12.8. The van der Waals surface area contributed by atoms with Gasteiger partial charge in [0, 0.05) is 19.9 Å². The van der Waals surface area contributed by atoms with Crippen LogP contribution in [0.25, 0.3) is 10.4 Å². The monoisotopic (exact) mass is 328 g/mol. The molecule has 0 saturated carbocycles. The third kappa shape index (κ3) is 2.62. The topological polar surface area (TPSA) is 17.1 Å². The quantitative estimate of drug-likeness (QED) is 0.679. The molecule has 0 N–H and O–H groups in total. The summed E-state index contributed by atoms with van der Waals surface area (Å²) in [7, 11) is 0. The fraction of sp³-hybridized carbons (Fsp3) is 0.154. The molecule has 0 aliphatic rings. The predicted octanol–water partition coefficient (Wildman–Crippen LogP) is 5.34. The molecule has 4 heteroatoms. The zero-order valence-corrected chi connectivity index (χ0v) is 12.5. The van der Waals surface area contributed by atoms with E-state index in [0.29, 0.717) is 0 Å². The van der Waals surface area contributed by atoms with E-state index in [9.17, 15) is 4.79 Å². The van der Waals surface area contributed by atoms with Gasteiger partial charge in [-0.3, -0.25) is 4.79 Å². The molecule has 0 amide bonds. The van der Waals surface area contributed by atoms with Crippen molar-refractivity contribution in [3.8, 4) is 10.4 Å². The number of benzene rings is 1. The second-order valence-electron chi connectivity index (χ2n) is 3.80. The second kappa shape index (κ2) is 4.92. The summed E-state index contributed by atoms with van der Waals surface area (Å²) in [6, 6.07) is 7.72. The number of halogens is 2. The Morgan fingerprint density at radius 1 is 1.35 bits per heavy atom. The van der Waals surface area contributed by atoms with Crippen LogP contribution in [0.2, 0.25) is 5.02 Å². The molecule has 17 heavy (non-hydrogen) atoms. The summed E-state index contributed by atoms with van der Waals surface area (Å²) >= 11 is 11.1. The number of thiophene rings is 1.